The second-order valence-electron chi connectivity index (χ2n) is 3.70. The van der Waals surface area contributed by atoms with E-state index in [-0.39, 0.29) is 0 Å². The minimum absolute atomic E-state index is 0.795. The predicted octanol–water partition coefficient (Wildman–Crippen LogP) is 3.39. The van der Waals surface area contributed by atoms with Gasteiger partial charge in [-0.3, -0.25) is 0 Å². The number of H-pyrrole nitrogens is 1. The first-order valence-corrected chi connectivity index (χ1v) is 5.22. The van der Waals surface area contributed by atoms with E-state index in [1.165, 1.54) is 16.6 Å². The molecule has 1 aromatic carbocycles. The second-order valence-corrected chi connectivity index (χ2v) is 4.14. The lowest BCUT2D eigenvalue weighted by Gasteiger charge is -2.09. The minimum atomic E-state index is 0.795. The van der Waals surface area contributed by atoms with E-state index in [1.54, 1.807) is 0 Å². The topological polar surface area (TPSA) is 15.8 Å². The van der Waals surface area contributed by atoms with E-state index in [0.717, 1.165) is 29.8 Å². The van der Waals surface area contributed by atoms with Crippen molar-refractivity contribution in [2.24, 2.45) is 0 Å². The van der Waals surface area contributed by atoms with Crippen LogP contribution >= 0.6 is 11.6 Å². The summed E-state index contributed by atoms with van der Waals surface area (Å²) in [5, 5.41) is 2.10. The van der Waals surface area contributed by atoms with Crippen molar-refractivity contribution < 1.29 is 0 Å². The third-order valence-electron chi connectivity index (χ3n) is 2.81. The van der Waals surface area contributed by atoms with Crippen LogP contribution in [0.4, 0.5) is 0 Å². The minimum Gasteiger partial charge on any atom is -0.358 e. The van der Waals surface area contributed by atoms with Gasteiger partial charge in [0.05, 0.1) is 0 Å². The summed E-state index contributed by atoms with van der Waals surface area (Å²) in [6.45, 7) is 0. The van der Waals surface area contributed by atoms with Gasteiger partial charge in [0.15, 0.2) is 0 Å². The van der Waals surface area contributed by atoms with Crippen molar-refractivity contribution in [1.82, 2.24) is 4.98 Å². The molecule has 0 bridgehead atoms. The van der Waals surface area contributed by atoms with Gasteiger partial charge >= 0.3 is 0 Å². The van der Waals surface area contributed by atoms with Crippen molar-refractivity contribution in [3.8, 4) is 0 Å². The van der Waals surface area contributed by atoms with Crippen molar-refractivity contribution in [1.29, 1.82) is 0 Å². The highest BCUT2D eigenvalue weighted by Crippen LogP contribution is 2.29. The van der Waals surface area contributed by atoms with Crippen molar-refractivity contribution in [3.05, 3.63) is 40.9 Å². The van der Waals surface area contributed by atoms with E-state index in [1.807, 2.05) is 12.1 Å². The number of aromatic nitrogens is 1. The second kappa shape index (κ2) is 3.03. The Labute approximate surface area is 88.1 Å². The molecule has 1 aliphatic carbocycles. The van der Waals surface area contributed by atoms with Crippen LogP contribution in [0.5, 0.6) is 0 Å². The molecule has 3 rings (SSSR count). The largest absolute Gasteiger partial charge is 0.358 e. The molecule has 1 aromatic heterocycles. The average Bonchev–Trinajstić information content (AvgIpc) is 2.54. The maximum atomic E-state index is 5.95. The highest BCUT2D eigenvalue weighted by Gasteiger charge is 2.15. The van der Waals surface area contributed by atoms with Crippen LogP contribution in [0.3, 0.4) is 0 Å². The molecule has 2 heteroatoms. The first kappa shape index (κ1) is 8.37. The maximum Gasteiger partial charge on any atom is 0.0473 e. The van der Waals surface area contributed by atoms with Gasteiger partial charge < -0.3 is 4.98 Å². The molecule has 1 N–H and O–H groups in total. The molecule has 0 spiro atoms. The molecule has 0 aliphatic heterocycles. The molecular weight excluding hydrogens is 194 g/mol. The van der Waals surface area contributed by atoms with Gasteiger partial charge in [-0.25, -0.2) is 0 Å². The molecule has 0 saturated carbocycles. The normalized spacial score (nSPS) is 15.8. The molecule has 70 valence electrons. The van der Waals surface area contributed by atoms with Gasteiger partial charge in [0.2, 0.25) is 0 Å². The molecule has 2 aromatic rings. The lowest BCUT2D eigenvalue weighted by atomic mass is 9.96. The first-order chi connectivity index (χ1) is 6.84. The Morgan fingerprint density at radius 1 is 1.36 bits per heavy atom. The summed E-state index contributed by atoms with van der Waals surface area (Å²) in [5.74, 6) is 0. The van der Waals surface area contributed by atoms with Gasteiger partial charge in [-0.2, -0.15) is 0 Å². The zero-order valence-electron chi connectivity index (χ0n) is 7.73. The molecule has 2 radical (unpaired) electrons. The Balaban J connectivity index is 2.31. The fourth-order valence-corrected chi connectivity index (χ4v) is 2.30. The Bertz CT molecular complexity index is 484. The maximum absolute atomic E-state index is 5.95. The first-order valence-electron chi connectivity index (χ1n) is 4.84. The van der Waals surface area contributed by atoms with E-state index in [0.29, 0.717) is 0 Å². The van der Waals surface area contributed by atoms with E-state index in [4.69, 9.17) is 11.6 Å². The fourth-order valence-electron chi connectivity index (χ4n) is 2.13. The zero-order chi connectivity index (χ0) is 9.54. The molecule has 1 aliphatic rings. The monoisotopic (exact) mass is 203 g/mol. The number of benzene rings is 1. The van der Waals surface area contributed by atoms with Crippen molar-refractivity contribution in [2.75, 3.05) is 0 Å². The molecule has 0 amide bonds. The van der Waals surface area contributed by atoms with Crippen LogP contribution in [0.1, 0.15) is 17.7 Å². The van der Waals surface area contributed by atoms with Crippen molar-refractivity contribution in [2.45, 2.75) is 19.3 Å². The van der Waals surface area contributed by atoms with Crippen molar-refractivity contribution in [3.63, 3.8) is 0 Å². The van der Waals surface area contributed by atoms with E-state index >= 15 is 0 Å². The molecule has 0 unspecified atom stereocenters. The summed E-state index contributed by atoms with van der Waals surface area (Å²) in [4.78, 5) is 3.43. The number of hydrogen-bond acceptors (Lipinski definition) is 0. The van der Waals surface area contributed by atoms with Gasteiger partial charge in [-0.15, -0.1) is 0 Å². The van der Waals surface area contributed by atoms with E-state index in [2.05, 4.69) is 17.5 Å². The summed E-state index contributed by atoms with van der Waals surface area (Å²) < 4.78 is 0. The Kier molecular flexibility index (Phi) is 1.81. The Hall–Kier alpha value is -0.950. The van der Waals surface area contributed by atoms with Crippen molar-refractivity contribution >= 4 is 22.5 Å². The Morgan fingerprint density at radius 2 is 2.29 bits per heavy atom. The molecule has 0 atom stereocenters. The number of hydrogen-bond donors (Lipinski definition) is 1. The highest BCUT2D eigenvalue weighted by atomic mass is 35.5. The third kappa shape index (κ3) is 1.16. The summed E-state index contributed by atoms with van der Waals surface area (Å²) in [5.41, 5.74) is 3.93. The SMILES string of the molecule is Clc1ccc2c3c([nH]c2c1)CC[C]C3. The zero-order valence-corrected chi connectivity index (χ0v) is 8.49. The predicted molar refractivity (Wildman–Crippen MR) is 58.6 cm³/mol. The molecule has 0 saturated heterocycles. The van der Waals surface area contributed by atoms with Gasteiger partial charge in [-0.05, 0) is 43.4 Å². The number of aryl methyl sites for hydroxylation is 1. The standard InChI is InChI=1S/C12H10ClN/c13-8-5-6-10-9-3-1-2-4-11(9)14-12(10)7-8/h5-7,14H,2-4H2. The van der Waals surface area contributed by atoms with Crippen LogP contribution in [-0.4, -0.2) is 4.98 Å². The van der Waals surface area contributed by atoms with E-state index < -0.39 is 0 Å². The number of halogens is 1. The summed E-state index contributed by atoms with van der Waals surface area (Å²) in [6.07, 6.45) is 6.50. The van der Waals surface area contributed by atoms with Crippen LogP contribution in [0.15, 0.2) is 18.2 Å². The van der Waals surface area contributed by atoms with Gasteiger partial charge in [0, 0.05) is 21.6 Å². The third-order valence-corrected chi connectivity index (χ3v) is 3.05. The lowest BCUT2D eigenvalue weighted by molar-refractivity contribution is 0.816. The van der Waals surface area contributed by atoms with Crippen LogP contribution in [0.2, 0.25) is 5.02 Å². The van der Waals surface area contributed by atoms with Gasteiger partial charge in [0.25, 0.3) is 0 Å². The van der Waals surface area contributed by atoms with Gasteiger partial charge in [0.1, 0.15) is 0 Å². The van der Waals surface area contributed by atoms with Crippen LogP contribution in [0.25, 0.3) is 10.9 Å². The molecule has 1 heterocycles. The molecule has 0 fully saturated rings. The molecule has 1 nitrogen and oxygen atoms in total. The quantitative estimate of drug-likeness (QED) is 0.676. The smallest absolute Gasteiger partial charge is 0.0473 e. The number of aromatic amines is 1. The summed E-state index contributed by atoms with van der Waals surface area (Å²) in [7, 11) is 0. The molecular formula is C12H10ClN. The van der Waals surface area contributed by atoms with Gasteiger partial charge in [-0.1, -0.05) is 17.7 Å². The summed E-state index contributed by atoms with van der Waals surface area (Å²) >= 11 is 5.95. The number of rotatable bonds is 0. The molecule has 14 heavy (non-hydrogen) atoms. The number of nitrogens with one attached hydrogen (secondary N) is 1. The lowest BCUT2D eigenvalue weighted by Crippen LogP contribution is -2.00. The Morgan fingerprint density at radius 3 is 3.21 bits per heavy atom. The van der Waals surface area contributed by atoms with Crippen LogP contribution < -0.4 is 0 Å². The van der Waals surface area contributed by atoms with Crippen LogP contribution in [0, 0.1) is 6.42 Å². The van der Waals surface area contributed by atoms with E-state index in [9.17, 15) is 0 Å². The summed E-state index contributed by atoms with van der Waals surface area (Å²) in [6, 6.07) is 6.04. The highest BCUT2D eigenvalue weighted by molar-refractivity contribution is 6.31. The number of fused-ring (bicyclic) bond motifs is 3. The van der Waals surface area contributed by atoms with Crippen LogP contribution in [-0.2, 0) is 12.8 Å². The average molecular weight is 204 g/mol. The fraction of sp³-hybridized carbons (Fsp3) is 0.250.